The van der Waals surface area contributed by atoms with Gasteiger partial charge in [0.15, 0.2) is 0 Å². The molecule has 2 unspecified atom stereocenters. The first-order valence-electron chi connectivity index (χ1n) is 5.14. The van der Waals surface area contributed by atoms with Crippen LogP contribution >= 0.6 is 0 Å². The summed E-state index contributed by atoms with van der Waals surface area (Å²) in [4.78, 5) is 0. The van der Waals surface area contributed by atoms with Crippen molar-refractivity contribution in [2.24, 2.45) is 11.8 Å². The molecule has 12 heavy (non-hydrogen) atoms. The Kier molecular flexibility index (Phi) is 6.45. The third kappa shape index (κ3) is 4.76. The Labute approximate surface area is 77.5 Å². The molecule has 0 aliphatic heterocycles. The largest absolute Gasteiger partial charge is 0.381 e. The van der Waals surface area contributed by atoms with Gasteiger partial charge in [0.25, 0.3) is 0 Å². The van der Waals surface area contributed by atoms with E-state index in [0.717, 1.165) is 12.3 Å². The van der Waals surface area contributed by atoms with Gasteiger partial charge in [0.1, 0.15) is 0 Å². The summed E-state index contributed by atoms with van der Waals surface area (Å²) in [5, 5.41) is 0. The number of hydrogen-bond acceptors (Lipinski definition) is 1. The second-order valence-electron chi connectivity index (χ2n) is 4.13. The third-order valence-electron chi connectivity index (χ3n) is 2.54. The van der Waals surface area contributed by atoms with E-state index < -0.39 is 0 Å². The van der Waals surface area contributed by atoms with E-state index in [1.165, 1.54) is 12.8 Å². The van der Waals surface area contributed by atoms with E-state index in [1.807, 2.05) is 7.11 Å². The summed E-state index contributed by atoms with van der Waals surface area (Å²) in [6.45, 7) is 9.04. The topological polar surface area (TPSA) is 9.23 Å². The molecule has 0 rings (SSSR count). The van der Waals surface area contributed by atoms with E-state index in [0.29, 0.717) is 12.0 Å². The molecular weight excluding hydrogens is 148 g/mol. The summed E-state index contributed by atoms with van der Waals surface area (Å²) in [6.07, 6.45) is 4.21. The van der Waals surface area contributed by atoms with E-state index in [1.54, 1.807) is 0 Å². The maximum absolute atomic E-state index is 5.39. The van der Waals surface area contributed by atoms with Crippen LogP contribution in [0.25, 0.3) is 0 Å². The van der Waals surface area contributed by atoms with Gasteiger partial charge in [-0.1, -0.05) is 34.1 Å². The monoisotopic (exact) mass is 172 g/mol. The van der Waals surface area contributed by atoms with Crippen molar-refractivity contribution >= 4 is 0 Å². The SMILES string of the molecule is CCC(OC)C(C)CCC(C)C. The first-order valence-corrected chi connectivity index (χ1v) is 5.14. The van der Waals surface area contributed by atoms with Crippen molar-refractivity contribution in [2.75, 3.05) is 7.11 Å². The van der Waals surface area contributed by atoms with Crippen LogP contribution < -0.4 is 0 Å². The molecule has 74 valence electrons. The Morgan fingerprint density at radius 2 is 1.67 bits per heavy atom. The van der Waals surface area contributed by atoms with Gasteiger partial charge in [0.05, 0.1) is 6.10 Å². The predicted molar refractivity (Wildman–Crippen MR) is 54.3 cm³/mol. The molecule has 0 N–H and O–H groups in total. The van der Waals surface area contributed by atoms with Gasteiger partial charge in [0, 0.05) is 7.11 Å². The minimum atomic E-state index is 0.462. The Morgan fingerprint density at radius 1 is 1.08 bits per heavy atom. The molecule has 0 aromatic rings. The summed E-state index contributed by atoms with van der Waals surface area (Å²) in [6, 6.07) is 0. The fraction of sp³-hybridized carbons (Fsp3) is 1.00. The lowest BCUT2D eigenvalue weighted by atomic mass is 9.93. The van der Waals surface area contributed by atoms with Crippen LogP contribution in [0.4, 0.5) is 0 Å². The Bertz CT molecular complexity index is 95.2. The molecule has 0 aromatic heterocycles. The van der Waals surface area contributed by atoms with Gasteiger partial charge >= 0.3 is 0 Å². The van der Waals surface area contributed by atoms with E-state index in [-0.39, 0.29) is 0 Å². The molecule has 0 saturated carbocycles. The summed E-state index contributed by atoms with van der Waals surface area (Å²) in [5.41, 5.74) is 0. The minimum absolute atomic E-state index is 0.462. The van der Waals surface area contributed by atoms with E-state index >= 15 is 0 Å². The van der Waals surface area contributed by atoms with Crippen LogP contribution in [-0.2, 0) is 4.74 Å². The number of hydrogen-bond donors (Lipinski definition) is 0. The van der Waals surface area contributed by atoms with Crippen molar-refractivity contribution < 1.29 is 4.74 Å². The molecule has 0 amide bonds. The molecule has 0 bridgehead atoms. The highest BCUT2D eigenvalue weighted by atomic mass is 16.5. The molecule has 0 heterocycles. The van der Waals surface area contributed by atoms with Crippen LogP contribution in [0.2, 0.25) is 0 Å². The van der Waals surface area contributed by atoms with Crippen molar-refractivity contribution in [3.63, 3.8) is 0 Å². The minimum Gasteiger partial charge on any atom is -0.381 e. The molecule has 0 radical (unpaired) electrons. The standard InChI is InChI=1S/C11H24O/c1-6-11(12-5)10(4)8-7-9(2)3/h9-11H,6-8H2,1-5H3. The number of ether oxygens (including phenoxy) is 1. The highest BCUT2D eigenvalue weighted by molar-refractivity contribution is 4.65. The van der Waals surface area contributed by atoms with Gasteiger partial charge in [0.2, 0.25) is 0 Å². The highest BCUT2D eigenvalue weighted by Gasteiger charge is 2.14. The normalized spacial score (nSPS) is 16.5. The number of methoxy groups -OCH3 is 1. The molecule has 0 spiro atoms. The quantitative estimate of drug-likeness (QED) is 0.596. The van der Waals surface area contributed by atoms with Crippen LogP contribution in [0.15, 0.2) is 0 Å². The lowest BCUT2D eigenvalue weighted by molar-refractivity contribution is 0.0505. The Balaban J connectivity index is 3.61. The Hall–Kier alpha value is -0.0400. The zero-order chi connectivity index (χ0) is 9.56. The third-order valence-corrected chi connectivity index (χ3v) is 2.54. The molecule has 0 aliphatic rings. The summed E-state index contributed by atoms with van der Waals surface area (Å²) in [5.74, 6) is 1.53. The summed E-state index contributed by atoms with van der Waals surface area (Å²) in [7, 11) is 1.82. The highest BCUT2D eigenvalue weighted by Crippen LogP contribution is 2.18. The zero-order valence-corrected chi connectivity index (χ0v) is 9.26. The van der Waals surface area contributed by atoms with Crippen LogP contribution in [0.5, 0.6) is 0 Å². The molecule has 1 nitrogen and oxygen atoms in total. The molecule has 1 heteroatoms. The second kappa shape index (κ2) is 6.47. The molecule has 0 aromatic carbocycles. The van der Waals surface area contributed by atoms with Crippen LogP contribution in [-0.4, -0.2) is 13.2 Å². The van der Waals surface area contributed by atoms with Gasteiger partial charge in [-0.3, -0.25) is 0 Å². The van der Waals surface area contributed by atoms with Crippen molar-refractivity contribution in [1.29, 1.82) is 0 Å². The lowest BCUT2D eigenvalue weighted by Crippen LogP contribution is -2.19. The van der Waals surface area contributed by atoms with Crippen LogP contribution in [0, 0.1) is 11.8 Å². The van der Waals surface area contributed by atoms with Gasteiger partial charge in [-0.05, 0) is 24.7 Å². The van der Waals surface area contributed by atoms with Gasteiger partial charge in [-0.15, -0.1) is 0 Å². The lowest BCUT2D eigenvalue weighted by Gasteiger charge is -2.21. The Morgan fingerprint density at radius 3 is 2.00 bits per heavy atom. The summed E-state index contributed by atoms with van der Waals surface area (Å²) >= 11 is 0. The van der Waals surface area contributed by atoms with Gasteiger partial charge < -0.3 is 4.74 Å². The molecule has 0 fully saturated rings. The second-order valence-corrected chi connectivity index (χ2v) is 4.13. The van der Waals surface area contributed by atoms with E-state index in [4.69, 9.17) is 4.74 Å². The van der Waals surface area contributed by atoms with Gasteiger partial charge in [-0.25, -0.2) is 0 Å². The van der Waals surface area contributed by atoms with Crippen LogP contribution in [0.3, 0.4) is 0 Å². The maximum Gasteiger partial charge on any atom is 0.0594 e. The average Bonchev–Trinajstić information content (AvgIpc) is 2.03. The van der Waals surface area contributed by atoms with E-state index in [2.05, 4.69) is 27.7 Å². The number of rotatable bonds is 6. The molecule has 0 saturated heterocycles. The first kappa shape index (κ1) is 12.0. The first-order chi connectivity index (χ1) is 5.61. The maximum atomic E-state index is 5.39. The fourth-order valence-corrected chi connectivity index (χ4v) is 1.58. The predicted octanol–water partition coefficient (Wildman–Crippen LogP) is 3.48. The molecule has 2 atom stereocenters. The molecule has 0 aliphatic carbocycles. The van der Waals surface area contributed by atoms with Crippen molar-refractivity contribution in [1.82, 2.24) is 0 Å². The van der Waals surface area contributed by atoms with Gasteiger partial charge in [-0.2, -0.15) is 0 Å². The smallest absolute Gasteiger partial charge is 0.0594 e. The molecular formula is C11H24O. The van der Waals surface area contributed by atoms with Crippen molar-refractivity contribution in [2.45, 2.75) is 53.1 Å². The van der Waals surface area contributed by atoms with E-state index in [9.17, 15) is 0 Å². The van der Waals surface area contributed by atoms with Crippen LogP contribution in [0.1, 0.15) is 47.0 Å². The average molecular weight is 172 g/mol. The van der Waals surface area contributed by atoms with Crippen molar-refractivity contribution in [3.8, 4) is 0 Å². The fourth-order valence-electron chi connectivity index (χ4n) is 1.58. The summed E-state index contributed by atoms with van der Waals surface area (Å²) < 4.78 is 5.39. The zero-order valence-electron chi connectivity index (χ0n) is 9.26. The van der Waals surface area contributed by atoms with Crippen molar-refractivity contribution in [3.05, 3.63) is 0 Å².